The van der Waals surface area contributed by atoms with Crippen LogP contribution in [0.2, 0.25) is 0 Å². The van der Waals surface area contributed by atoms with Gasteiger partial charge in [0.1, 0.15) is 0 Å². The van der Waals surface area contributed by atoms with Crippen molar-refractivity contribution >= 4 is 17.7 Å². The lowest BCUT2D eigenvalue weighted by Crippen LogP contribution is -2.41. The summed E-state index contributed by atoms with van der Waals surface area (Å²) in [6, 6.07) is 26.2. The van der Waals surface area contributed by atoms with Gasteiger partial charge in [-0.25, -0.2) is 4.79 Å². The number of rotatable bonds is 7. The molecule has 0 heterocycles. The Balaban J connectivity index is 1.46. The fraction of sp³-hybridized carbons (Fsp3) is 0.355. The quantitative estimate of drug-likeness (QED) is 0.348. The van der Waals surface area contributed by atoms with E-state index < -0.39 is 6.09 Å². The maximum Gasteiger partial charge on any atom is 0.434 e. The topological polar surface area (TPSA) is 53.1 Å². The van der Waals surface area contributed by atoms with E-state index in [0.29, 0.717) is 6.54 Å². The van der Waals surface area contributed by atoms with Gasteiger partial charge in [0.25, 0.3) is 5.91 Å². The average Bonchev–Trinajstić information content (AvgIpc) is 2.93. The van der Waals surface area contributed by atoms with E-state index in [1.807, 2.05) is 68.7 Å². The molecule has 0 N–H and O–H groups in total. The fourth-order valence-electron chi connectivity index (χ4n) is 4.71. The normalized spacial score (nSPS) is 13.6. The van der Waals surface area contributed by atoms with Gasteiger partial charge in [-0.05, 0) is 47.2 Å². The SMILES string of the molecule is CN(Cc1ccccc1)C(=O)ON(Cc1ccc(-c2ccc(N(C)C)cc2)cc1)C(=O)C1CCCCC1. The Morgan fingerprint density at radius 3 is 1.89 bits per heavy atom. The summed E-state index contributed by atoms with van der Waals surface area (Å²) in [6.07, 6.45) is 4.37. The minimum Gasteiger partial charge on any atom is -0.378 e. The maximum atomic E-state index is 13.4. The minimum atomic E-state index is -0.536. The van der Waals surface area contributed by atoms with Gasteiger partial charge in [0, 0.05) is 39.3 Å². The lowest BCUT2D eigenvalue weighted by molar-refractivity contribution is -0.177. The number of hydroxylamine groups is 2. The standard InChI is InChI=1S/C31H37N3O3/c1-32(2)29-20-18-27(19-21-29)26-16-14-25(15-17-26)23-34(30(35)28-12-8-5-9-13-28)37-31(36)33(3)22-24-10-6-4-7-11-24/h4,6-7,10-11,14-21,28H,5,8-9,12-13,22-23H2,1-3H3. The van der Waals surface area contributed by atoms with Crippen LogP contribution in [0.3, 0.4) is 0 Å². The van der Waals surface area contributed by atoms with Gasteiger partial charge in [0.15, 0.2) is 0 Å². The van der Waals surface area contributed by atoms with E-state index in [4.69, 9.17) is 4.84 Å². The first-order valence-electron chi connectivity index (χ1n) is 13.1. The number of anilines is 1. The minimum absolute atomic E-state index is 0.101. The summed E-state index contributed by atoms with van der Waals surface area (Å²) in [5.74, 6) is -0.208. The Kier molecular flexibility index (Phi) is 8.83. The molecule has 1 fully saturated rings. The molecule has 3 aromatic rings. The Morgan fingerprint density at radius 1 is 0.730 bits per heavy atom. The van der Waals surface area contributed by atoms with Gasteiger partial charge in [-0.2, -0.15) is 5.06 Å². The average molecular weight is 500 g/mol. The second-order valence-corrected chi connectivity index (χ2v) is 10.0. The molecule has 0 aliphatic heterocycles. The summed E-state index contributed by atoms with van der Waals surface area (Å²) in [5.41, 5.74) is 5.29. The molecule has 0 saturated heterocycles. The van der Waals surface area contributed by atoms with E-state index >= 15 is 0 Å². The van der Waals surface area contributed by atoms with Crippen molar-refractivity contribution in [2.45, 2.75) is 45.2 Å². The van der Waals surface area contributed by atoms with E-state index in [-0.39, 0.29) is 18.4 Å². The van der Waals surface area contributed by atoms with Crippen LogP contribution in [0.25, 0.3) is 11.1 Å². The molecule has 2 amide bonds. The number of carbonyl (C=O) groups excluding carboxylic acids is 2. The number of nitrogens with zero attached hydrogens (tertiary/aromatic N) is 3. The lowest BCUT2D eigenvalue weighted by Gasteiger charge is -2.29. The van der Waals surface area contributed by atoms with Crippen LogP contribution in [0.4, 0.5) is 10.5 Å². The molecule has 37 heavy (non-hydrogen) atoms. The Labute approximate surface area is 220 Å². The van der Waals surface area contributed by atoms with Crippen LogP contribution in [0.5, 0.6) is 0 Å². The number of hydrogen-bond acceptors (Lipinski definition) is 4. The summed E-state index contributed by atoms with van der Waals surface area (Å²) in [4.78, 5) is 35.7. The Morgan fingerprint density at radius 2 is 1.30 bits per heavy atom. The highest BCUT2D eigenvalue weighted by molar-refractivity contribution is 5.80. The van der Waals surface area contributed by atoms with Crippen LogP contribution in [-0.2, 0) is 22.7 Å². The molecule has 0 atom stereocenters. The van der Waals surface area contributed by atoms with Gasteiger partial charge in [0.05, 0.1) is 6.54 Å². The molecule has 1 aliphatic carbocycles. The van der Waals surface area contributed by atoms with Crippen LogP contribution in [0, 0.1) is 5.92 Å². The van der Waals surface area contributed by atoms with Crippen molar-refractivity contribution in [2.75, 3.05) is 26.0 Å². The van der Waals surface area contributed by atoms with Gasteiger partial charge >= 0.3 is 6.09 Å². The maximum absolute atomic E-state index is 13.4. The predicted octanol–water partition coefficient (Wildman–Crippen LogP) is 6.51. The molecular weight excluding hydrogens is 462 g/mol. The largest absolute Gasteiger partial charge is 0.434 e. The third-order valence-electron chi connectivity index (χ3n) is 6.96. The zero-order valence-electron chi connectivity index (χ0n) is 22.1. The number of amides is 2. The van der Waals surface area contributed by atoms with Gasteiger partial charge in [0.2, 0.25) is 0 Å². The summed E-state index contributed by atoms with van der Waals surface area (Å²) < 4.78 is 0. The van der Waals surface area contributed by atoms with E-state index in [1.54, 1.807) is 7.05 Å². The third kappa shape index (κ3) is 7.13. The zero-order valence-corrected chi connectivity index (χ0v) is 22.1. The van der Waals surface area contributed by atoms with Crippen molar-refractivity contribution in [3.05, 3.63) is 90.0 Å². The van der Waals surface area contributed by atoms with Gasteiger partial charge < -0.3 is 14.6 Å². The molecule has 194 valence electrons. The summed E-state index contributed by atoms with van der Waals surface area (Å²) in [7, 11) is 5.74. The molecule has 0 radical (unpaired) electrons. The van der Waals surface area contributed by atoms with Crippen molar-refractivity contribution in [1.82, 2.24) is 9.96 Å². The molecule has 0 bridgehead atoms. The van der Waals surface area contributed by atoms with Gasteiger partial charge in [-0.3, -0.25) is 4.79 Å². The van der Waals surface area contributed by atoms with Crippen molar-refractivity contribution in [2.24, 2.45) is 5.92 Å². The Bertz CT molecular complexity index is 1150. The summed E-state index contributed by atoms with van der Waals surface area (Å²) in [6.45, 7) is 0.631. The highest BCUT2D eigenvalue weighted by Gasteiger charge is 2.29. The van der Waals surface area contributed by atoms with Gasteiger partial charge in [-0.15, -0.1) is 0 Å². The molecule has 0 aromatic heterocycles. The number of benzene rings is 3. The number of hydrogen-bond donors (Lipinski definition) is 0. The molecular formula is C31H37N3O3. The van der Waals surface area contributed by atoms with Crippen LogP contribution >= 0.6 is 0 Å². The molecule has 6 nitrogen and oxygen atoms in total. The second-order valence-electron chi connectivity index (χ2n) is 10.0. The molecule has 3 aromatic carbocycles. The molecule has 6 heteroatoms. The first-order chi connectivity index (χ1) is 17.9. The zero-order chi connectivity index (χ0) is 26.2. The molecule has 0 spiro atoms. The van der Waals surface area contributed by atoms with E-state index in [9.17, 15) is 9.59 Å². The summed E-state index contributed by atoms with van der Waals surface area (Å²) in [5, 5.41) is 1.28. The predicted molar refractivity (Wildman–Crippen MR) is 148 cm³/mol. The molecule has 1 saturated carbocycles. The first-order valence-corrected chi connectivity index (χ1v) is 13.1. The van der Waals surface area contributed by atoms with Crippen molar-refractivity contribution in [3.8, 4) is 11.1 Å². The first kappa shape index (κ1) is 26.3. The van der Waals surface area contributed by atoms with E-state index in [2.05, 4.69) is 29.2 Å². The fourth-order valence-corrected chi connectivity index (χ4v) is 4.71. The van der Waals surface area contributed by atoms with Crippen LogP contribution in [0.1, 0.15) is 43.2 Å². The molecule has 0 unspecified atom stereocenters. The highest BCUT2D eigenvalue weighted by atomic mass is 16.7. The highest BCUT2D eigenvalue weighted by Crippen LogP contribution is 2.27. The lowest BCUT2D eigenvalue weighted by atomic mass is 9.88. The molecule has 1 aliphatic rings. The van der Waals surface area contributed by atoms with Crippen LogP contribution in [-0.4, -0.2) is 43.1 Å². The third-order valence-corrected chi connectivity index (χ3v) is 6.96. The summed E-state index contributed by atoms with van der Waals surface area (Å²) >= 11 is 0. The van der Waals surface area contributed by atoms with Gasteiger partial charge in [-0.1, -0.05) is 86.0 Å². The Hall–Kier alpha value is -3.80. The van der Waals surface area contributed by atoms with Crippen molar-refractivity contribution < 1.29 is 14.4 Å². The molecule has 4 rings (SSSR count). The van der Waals surface area contributed by atoms with Crippen LogP contribution in [0.15, 0.2) is 78.9 Å². The monoisotopic (exact) mass is 499 g/mol. The number of carbonyl (C=O) groups is 2. The van der Waals surface area contributed by atoms with Crippen molar-refractivity contribution in [1.29, 1.82) is 0 Å². The van der Waals surface area contributed by atoms with E-state index in [1.165, 1.54) is 9.96 Å². The van der Waals surface area contributed by atoms with E-state index in [0.717, 1.165) is 60.0 Å². The van der Waals surface area contributed by atoms with Crippen molar-refractivity contribution in [3.63, 3.8) is 0 Å². The second kappa shape index (κ2) is 12.4. The smallest absolute Gasteiger partial charge is 0.378 e. The van der Waals surface area contributed by atoms with Crippen LogP contribution < -0.4 is 4.90 Å².